The minimum absolute atomic E-state index is 0.265. The number of imidazole rings is 1. The molecule has 4 aromatic rings. The Morgan fingerprint density at radius 1 is 0.861 bits per heavy atom. The Bertz CT molecular complexity index is 1220. The molecule has 0 spiro atoms. The fourth-order valence-electron chi connectivity index (χ4n) is 3.64. The third-order valence-corrected chi connectivity index (χ3v) is 6.33. The highest BCUT2D eigenvalue weighted by molar-refractivity contribution is 7.99. The van der Waals surface area contributed by atoms with Gasteiger partial charge in [-0.3, -0.25) is 0 Å². The number of nitrogens with one attached hydrogen (secondary N) is 3. The average Bonchev–Trinajstić information content (AvgIpc) is 3.31. The van der Waals surface area contributed by atoms with Crippen molar-refractivity contribution in [1.29, 1.82) is 0 Å². The summed E-state index contributed by atoms with van der Waals surface area (Å²) < 4.78 is 39.2. The number of thioether (sulfide) groups is 1. The number of aromatic nitrogens is 2. The number of para-hydroxylation sites is 1. The Morgan fingerprint density at radius 2 is 1.50 bits per heavy atom. The monoisotopic (exact) mass is 510 g/mol. The summed E-state index contributed by atoms with van der Waals surface area (Å²) in [4.78, 5) is 20.3. The minimum Gasteiger partial charge on any atom is -0.338 e. The number of halogens is 3. The number of unbranched alkanes of at least 4 members (excludes halogenated alkanes) is 1. The summed E-state index contributed by atoms with van der Waals surface area (Å²) in [6, 6.07) is 24.3. The molecule has 0 unspecified atom stereocenters. The standard InChI is InChI=1S/C27H25F3N4OS/c28-27(29,30)21-15-7-8-16-22(21)32-25(35)31-17-9-10-18-36-26-33-23(19-11-3-1-4-12-19)24(34-26)20-13-5-2-6-14-20/h1-8,11-16H,9-10,17-18H2,(H,33,34)(H2,31,32,35). The molecule has 1 heterocycles. The maximum absolute atomic E-state index is 13.1. The molecule has 9 heteroatoms. The Labute approximate surface area is 211 Å². The molecule has 3 N–H and O–H groups in total. The van der Waals surface area contributed by atoms with Crippen LogP contribution in [0.2, 0.25) is 0 Å². The SMILES string of the molecule is O=C(NCCCCSc1nc(-c2ccccc2)c(-c2ccccc2)[nH]1)Nc1ccccc1C(F)(F)F. The molecule has 0 bridgehead atoms. The van der Waals surface area contributed by atoms with Gasteiger partial charge in [-0.05, 0) is 25.0 Å². The van der Waals surface area contributed by atoms with E-state index in [0.29, 0.717) is 13.0 Å². The molecule has 0 aliphatic rings. The Morgan fingerprint density at radius 3 is 2.19 bits per heavy atom. The fraction of sp³-hybridized carbons (Fsp3) is 0.185. The van der Waals surface area contributed by atoms with Crippen LogP contribution in [0.4, 0.5) is 23.7 Å². The number of nitrogens with zero attached hydrogens (tertiary/aromatic N) is 1. The van der Waals surface area contributed by atoms with Crippen LogP contribution in [0.15, 0.2) is 90.1 Å². The Hall–Kier alpha value is -3.72. The molecule has 0 saturated heterocycles. The van der Waals surface area contributed by atoms with E-state index in [1.54, 1.807) is 11.8 Å². The third kappa shape index (κ3) is 6.69. The predicted octanol–water partition coefficient (Wildman–Crippen LogP) is 7.46. The van der Waals surface area contributed by atoms with Gasteiger partial charge >= 0.3 is 12.2 Å². The lowest BCUT2D eigenvalue weighted by Gasteiger charge is -2.14. The van der Waals surface area contributed by atoms with E-state index in [4.69, 9.17) is 4.98 Å². The number of urea groups is 1. The van der Waals surface area contributed by atoms with Gasteiger partial charge in [0, 0.05) is 23.4 Å². The zero-order valence-corrected chi connectivity index (χ0v) is 20.1. The first-order valence-corrected chi connectivity index (χ1v) is 12.4. The topological polar surface area (TPSA) is 69.8 Å². The highest BCUT2D eigenvalue weighted by atomic mass is 32.2. The normalized spacial score (nSPS) is 11.3. The van der Waals surface area contributed by atoms with Crippen LogP contribution >= 0.6 is 11.8 Å². The highest BCUT2D eigenvalue weighted by Crippen LogP contribution is 2.35. The second-order valence-corrected chi connectivity index (χ2v) is 9.06. The molecule has 2 amide bonds. The molecule has 186 valence electrons. The average molecular weight is 511 g/mol. The van der Waals surface area contributed by atoms with Crippen molar-refractivity contribution in [2.45, 2.75) is 24.2 Å². The van der Waals surface area contributed by atoms with Gasteiger partial charge in [0.2, 0.25) is 0 Å². The molecule has 0 aliphatic heterocycles. The number of H-pyrrole nitrogens is 1. The Balaban J connectivity index is 1.27. The second kappa shape index (κ2) is 11.8. The number of carbonyl (C=O) groups excluding carboxylic acids is 1. The van der Waals surface area contributed by atoms with Gasteiger partial charge in [0.1, 0.15) is 0 Å². The quantitative estimate of drug-likeness (QED) is 0.162. The summed E-state index contributed by atoms with van der Waals surface area (Å²) in [6.45, 7) is 0.350. The summed E-state index contributed by atoms with van der Waals surface area (Å²) in [6.07, 6.45) is -3.06. The van der Waals surface area contributed by atoms with Gasteiger partial charge in [0.05, 0.1) is 22.6 Å². The molecular weight excluding hydrogens is 485 g/mol. The zero-order chi connectivity index (χ0) is 25.4. The summed E-state index contributed by atoms with van der Waals surface area (Å²) in [7, 11) is 0. The van der Waals surface area contributed by atoms with Gasteiger partial charge in [-0.1, -0.05) is 84.6 Å². The molecule has 0 atom stereocenters. The Kier molecular flexibility index (Phi) is 8.32. The van der Waals surface area contributed by atoms with Gasteiger partial charge < -0.3 is 15.6 Å². The number of hydrogen-bond acceptors (Lipinski definition) is 3. The third-order valence-electron chi connectivity index (χ3n) is 5.37. The number of amides is 2. The lowest BCUT2D eigenvalue weighted by Crippen LogP contribution is -2.30. The largest absolute Gasteiger partial charge is 0.418 e. The van der Waals surface area contributed by atoms with Crippen LogP contribution in [0.1, 0.15) is 18.4 Å². The number of benzene rings is 3. The van der Waals surface area contributed by atoms with Crippen LogP contribution in [0.25, 0.3) is 22.5 Å². The van der Waals surface area contributed by atoms with Crippen molar-refractivity contribution in [3.8, 4) is 22.5 Å². The van der Waals surface area contributed by atoms with Gasteiger partial charge in [0.25, 0.3) is 0 Å². The molecule has 3 aromatic carbocycles. The lowest BCUT2D eigenvalue weighted by molar-refractivity contribution is -0.136. The van der Waals surface area contributed by atoms with Crippen molar-refractivity contribution in [3.05, 3.63) is 90.5 Å². The van der Waals surface area contributed by atoms with Crippen molar-refractivity contribution in [2.75, 3.05) is 17.6 Å². The minimum atomic E-state index is -4.53. The van der Waals surface area contributed by atoms with Crippen molar-refractivity contribution < 1.29 is 18.0 Å². The fourth-order valence-corrected chi connectivity index (χ4v) is 4.51. The molecule has 0 saturated carbocycles. The number of anilines is 1. The van der Waals surface area contributed by atoms with Crippen LogP contribution in [0, 0.1) is 0 Å². The molecule has 4 rings (SSSR count). The zero-order valence-electron chi connectivity index (χ0n) is 19.3. The smallest absolute Gasteiger partial charge is 0.338 e. The van der Waals surface area contributed by atoms with E-state index < -0.39 is 17.8 Å². The van der Waals surface area contributed by atoms with E-state index >= 15 is 0 Å². The molecule has 0 radical (unpaired) electrons. The maximum atomic E-state index is 13.1. The molecular formula is C27H25F3N4OS. The molecule has 36 heavy (non-hydrogen) atoms. The molecule has 1 aromatic heterocycles. The van der Waals surface area contributed by atoms with Crippen molar-refractivity contribution in [2.24, 2.45) is 0 Å². The van der Waals surface area contributed by atoms with E-state index in [9.17, 15) is 18.0 Å². The second-order valence-electron chi connectivity index (χ2n) is 7.98. The molecule has 0 fully saturated rings. The van der Waals surface area contributed by atoms with E-state index in [-0.39, 0.29) is 5.69 Å². The maximum Gasteiger partial charge on any atom is 0.418 e. The lowest BCUT2D eigenvalue weighted by atomic mass is 10.1. The molecule has 5 nitrogen and oxygen atoms in total. The van der Waals surface area contributed by atoms with E-state index in [1.165, 1.54) is 18.2 Å². The van der Waals surface area contributed by atoms with E-state index in [0.717, 1.165) is 45.9 Å². The van der Waals surface area contributed by atoms with Crippen LogP contribution in [0.3, 0.4) is 0 Å². The molecule has 0 aliphatic carbocycles. The first-order chi connectivity index (χ1) is 17.4. The van der Waals surface area contributed by atoms with Crippen molar-refractivity contribution in [3.63, 3.8) is 0 Å². The number of hydrogen-bond donors (Lipinski definition) is 3. The number of aromatic amines is 1. The highest BCUT2D eigenvalue weighted by Gasteiger charge is 2.33. The van der Waals surface area contributed by atoms with Crippen LogP contribution in [-0.4, -0.2) is 28.3 Å². The van der Waals surface area contributed by atoms with Gasteiger partial charge in [0.15, 0.2) is 5.16 Å². The van der Waals surface area contributed by atoms with Crippen LogP contribution < -0.4 is 10.6 Å². The van der Waals surface area contributed by atoms with E-state index in [1.807, 2.05) is 60.7 Å². The first kappa shape index (κ1) is 25.4. The summed E-state index contributed by atoms with van der Waals surface area (Å²) in [5, 5.41) is 5.71. The van der Waals surface area contributed by atoms with Gasteiger partial charge in [-0.25, -0.2) is 9.78 Å². The van der Waals surface area contributed by atoms with Crippen LogP contribution in [-0.2, 0) is 6.18 Å². The first-order valence-electron chi connectivity index (χ1n) is 11.5. The number of rotatable bonds is 9. The van der Waals surface area contributed by atoms with Crippen molar-refractivity contribution >= 4 is 23.5 Å². The van der Waals surface area contributed by atoms with Gasteiger partial charge in [-0.2, -0.15) is 13.2 Å². The van der Waals surface area contributed by atoms with Crippen molar-refractivity contribution in [1.82, 2.24) is 15.3 Å². The number of carbonyl (C=O) groups is 1. The summed E-state index contributed by atoms with van der Waals surface area (Å²) in [5.74, 6) is 0.774. The van der Waals surface area contributed by atoms with Gasteiger partial charge in [-0.15, -0.1) is 0 Å². The summed E-state index contributed by atoms with van der Waals surface area (Å²) in [5.41, 5.74) is 2.79. The van der Waals surface area contributed by atoms with Crippen LogP contribution in [0.5, 0.6) is 0 Å². The van der Waals surface area contributed by atoms with E-state index in [2.05, 4.69) is 15.6 Å². The summed E-state index contributed by atoms with van der Waals surface area (Å²) >= 11 is 1.59. The number of alkyl halides is 3. The predicted molar refractivity (Wildman–Crippen MR) is 138 cm³/mol.